The van der Waals surface area contributed by atoms with Gasteiger partial charge in [-0.25, -0.2) is 0 Å². The Kier molecular flexibility index (Phi) is 8.29. The van der Waals surface area contributed by atoms with E-state index >= 15 is 0 Å². The first-order chi connectivity index (χ1) is 11.1. The Morgan fingerprint density at radius 1 is 1.04 bits per heavy atom. The van der Waals surface area contributed by atoms with Crippen molar-refractivity contribution in [2.45, 2.75) is 100 Å². The van der Waals surface area contributed by atoms with Gasteiger partial charge in [-0.2, -0.15) is 0 Å². The third kappa shape index (κ3) is 4.99. The average molecular weight is 339 g/mol. The molecule has 24 heavy (non-hydrogen) atoms. The molecule has 2 heteroatoms. The van der Waals surface area contributed by atoms with Gasteiger partial charge in [0, 0.05) is 0 Å². The standard InChI is InChI=1S/C22H42O2/c1-9-10-14-22(8,17(6)7)21(23)24-20-18(15(2)3)12-11-13-19(20)16(4)5/h15-20H,9-14H2,1-8H3. The van der Waals surface area contributed by atoms with Crippen molar-refractivity contribution in [1.82, 2.24) is 0 Å². The molecule has 0 aromatic carbocycles. The molecule has 0 aromatic rings. The SMILES string of the molecule is CCCCC(C)(C(=O)OC1C(C(C)C)CCCC1C(C)C)C(C)C. The van der Waals surface area contributed by atoms with Crippen molar-refractivity contribution in [2.24, 2.45) is 35.0 Å². The summed E-state index contributed by atoms with van der Waals surface area (Å²) in [6.07, 6.45) is 6.93. The van der Waals surface area contributed by atoms with Crippen molar-refractivity contribution in [3.8, 4) is 0 Å². The second-order valence-electron chi connectivity index (χ2n) is 9.29. The van der Waals surface area contributed by atoms with Gasteiger partial charge in [-0.1, -0.05) is 67.7 Å². The number of esters is 1. The number of unbranched alkanes of at least 4 members (excludes halogenated alkanes) is 1. The van der Waals surface area contributed by atoms with Gasteiger partial charge in [0.2, 0.25) is 0 Å². The molecule has 0 amide bonds. The summed E-state index contributed by atoms with van der Waals surface area (Å²) in [5.74, 6) is 2.54. The molecule has 0 heterocycles. The summed E-state index contributed by atoms with van der Waals surface area (Å²) in [4.78, 5) is 13.2. The van der Waals surface area contributed by atoms with Crippen LogP contribution in [0.15, 0.2) is 0 Å². The van der Waals surface area contributed by atoms with Crippen LogP contribution in [0, 0.1) is 35.0 Å². The van der Waals surface area contributed by atoms with Crippen LogP contribution in [0.3, 0.4) is 0 Å². The van der Waals surface area contributed by atoms with Crippen LogP contribution in [-0.2, 0) is 9.53 Å². The van der Waals surface area contributed by atoms with Crippen molar-refractivity contribution < 1.29 is 9.53 Å². The van der Waals surface area contributed by atoms with Gasteiger partial charge in [0.25, 0.3) is 0 Å². The number of hydrogen-bond acceptors (Lipinski definition) is 2. The monoisotopic (exact) mass is 338 g/mol. The molecule has 0 saturated heterocycles. The lowest BCUT2D eigenvalue weighted by Gasteiger charge is -2.43. The molecule has 2 nitrogen and oxygen atoms in total. The molecule has 0 aromatic heterocycles. The van der Waals surface area contributed by atoms with E-state index in [0.717, 1.165) is 19.3 Å². The van der Waals surface area contributed by atoms with Gasteiger partial charge < -0.3 is 4.74 Å². The Morgan fingerprint density at radius 2 is 1.54 bits per heavy atom. The molecule has 1 fully saturated rings. The number of carbonyl (C=O) groups excluding carboxylic acids is 1. The highest BCUT2D eigenvalue weighted by molar-refractivity contribution is 5.77. The molecule has 1 aliphatic carbocycles. The summed E-state index contributed by atoms with van der Waals surface area (Å²) in [6, 6.07) is 0. The Hall–Kier alpha value is -0.530. The van der Waals surface area contributed by atoms with Gasteiger partial charge in [0.05, 0.1) is 5.41 Å². The molecule has 0 radical (unpaired) electrons. The molecule has 0 spiro atoms. The fourth-order valence-corrected chi connectivity index (χ4v) is 4.26. The van der Waals surface area contributed by atoms with Gasteiger partial charge in [0.1, 0.15) is 6.10 Å². The van der Waals surface area contributed by atoms with E-state index in [4.69, 9.17) is 4.74 Å². The quantitative estimate of drug-likeness (QED) is 0.473. The highest BCUT2D eigenvalue weighted by atomic mass is 16.5. The number of carbonyl (C=O) groups is 1. The molecule has 0 aliphatic heterocycles. The van der Waals surface area contributed by atoms with E-state index in [9.17, 15) is 4.79 Å². The molecule has 0 N–H and O–H groups in total. The minimum absolute atomic E-state index is 0.0501. The zero-order valence-electron chi connectivity index (χ0n) is 17.5. The lowest BCUT2D eigenvalue weighted by molar-refractivity contribution is -0.176. The summed E-state index contributed by atoms with van der Waals surface area (Å²) in [6.45, 7) is 17.8. The van der Waals surface area contributed by atoms with Gasteiger partial charge >= 0.3 is 5.97 Å². The van der Waals surface area contributed by atoms with Crippen molar-refractivity contribution in [1.29, 1.82) is 0 Å². The largest absolute Gasteiger partial charge is 0.461 e. The lowest BCUT2D eigenvalue weighted by Crippen LogP contribution is -2.46. The predicted molar refractivity (Wildman–Crippen MR) is 103 cm³/mol. The Bertz CT molecular complexity index is 369. The van der Waals surface area contributed by atoms with Gasteiger partial charge in [-0.05, 0) is 55.8 Å². The molecule has 1 saturated carbocycles. The summed E-state index contributed by atoms with van der Waals surface area (Å²) in [7, 11) is 0. The zero-order chi connectivity index (χ0) is 18.5. The highest BCUT2D eigenvalue weighted by Gasteiger charge is 2.44. The van der Waals surface area contributed by atoms with E-state index in [0.29, 0.717) is 29.6 Å². The van der Waals surface area contributed by atoms with E-state index < -0.39 is 0 Å². The maximum atomic E-state index is 13.2. The van der Waals surface area contributed by atoms with Crippen molar-refractivity contribution >= 4 is 5.97 Å². The summed E-state index contributed by atoms with van der Waals surface area (Å²) >= 11 is 0. The molecule has 3 atom stereocenters. The van der Waals surface area contributed by atoms with Crippen LogP contribution in [0.1, 0.15) is 93.9 Å². The first-order valence-corrected chi connectivity index (χ1v) is 10.4. The van der Waals surface area contributed by atoms with Crippen LogP contribution in [0.2, 0.25) is 0 Å². The zero-order valence-corrected chi connectivity index (χ0v) is 17.5. The maximum Gasteiger partial charge on any atom is 0.312 e. The Morgan fingerprint density at radius 3 is 1.92 bits per heavy atom. The lowest BCUT2D eigenvalue weighted by atomic mass is 9.69. The second kappa shape index (κ2) is 9.25. The van der Waals surface area contributed by atoms with Gasteiger partial charge in [-0.3, -0.25) is 4.79 Å². The van der Waals surface area contributed by atoms with Gasteiger partial charge in [0.15, 0.2) is 0 Å². The molecule has 3 unspecified atom stereocenters. The number of rotatable bonds is 8. The van der Waals surface area contributed by atoms with Crippen LogP contribution in [0.25, 0.3) is 0 Å². The Balaban J connectivity index is 2.99. The van der Waals surface area contributed by atoms with E-state index in [1.54, 1.807) is 0 Å². The third-order valence-corrected chi connectivity index (χ3v) is 6.66. The summed E-state index contributed by atoms with van der Waals surface area (Å²) in [5.41, 5.74) is -0.351. The van der Waals surface area contributed by atoms with E-state index in [2.05, 4.69) is 55.4 Å². The Labute approximate surface area is 151 Å². The van der Waals surface area contributed by atoms with Crippen LogP contribution in [-0.4, -0.2) is 12.1 Å². The fraction of sp³-hybridized carbons (Fsp3) is 0.955. The first kappa shape index (κ1) is 21.5. The normalized spacial score (nSPS) is 27.5. The molecular weight excluding hydrogens is 296 g/mol. The summed E-state index contributed by atoms with van der Waals surface area (Å²) in [5, 5.41) is 0. The minimum atomic E-state index is -0.351. The van der Waals surface area contributed by atoms with E-state index in [-0.39, 0.29) is 17.5 Å². The molecule has 1 rings (SSSR count). The van der Waals surface area contributed by atoms with E-state index in [1.807, 2.05) is 0 Å². The highest BCUT2D eigenvalue weighted by Crippen LogP contribution is 2.42. The minimum Gasteiger partial charge on any atom is -0.461 e. The third-order valence-electron chi connectivity index (χ3n) is 6.66. The van der Waals surface area contributed by atoms with Crippen molar-refractivity contribution in [3.05, 3.63) is 0 Å². The molecule has 1 aliphatic rings. The maximum absolute atomic E-state index is 13.2. The van der Waals surface area contributed by atoms with Gasteiger partial charge in [-0.15, -0.1) is 0 Å². The predicted octanol–water partition coefficient (Wildman–Crippen LogP) is 6.48. The topological polar surface area (TPSA) is 26.3 Å². The summed E-state index contributed by atoms with van der Waals surface area (Å²) < 4.78 is 6.32. The smallest absolute Gasteiger partial charge is 0.312 e. The number of ether oxygens (including phenoxy) is 1. The van der Waals surface area contributed by atoms with Crippen LogP contribution in [0.5, 0.6) is 0 Å². The molecule has 0 bridgehead atoms. The van der Waals surface area contributed by atoms with Crippen molar-refractivity contribution in [3.63, 3.8) is 0 Å². The molecular formula is C22H42O2. The van der Waals surface area contributed by atoms with E-state index in [1.165, 1.54) is 19.3 Å². The first-order valence-electron chi connectivity index (χ1n) is 10.4. The molecule has 142 valence electrons. The average Bonchev–Trinajstić information content (AvgIpc) is 2.51. The second-order valence-corrected chi connectivity index (χ2v) is 9.29. The number of hydrogen-bond donors (Lipinski definition) is 0. The van der Waals surface area contributed by atoms with Crippen LogP contribution < -0.4 is 0 Å². The van der Waals surface area contributed by atoms with Crippen LogP contribution in [0.4, 0.5) is 0 Å². The fourth-order valence-electron chi connectivity index (χ4n) is 4.26. The van der Waals surface area contributed by atoms with Crippen LogP contribution >= 0.6 is 0 Å². The van der Waals surface area contributed by atoms with Crippen molar-refractivity contribution in [2.75, 3.05) is 0 Å².